The van der Waals surface area contributed by atoms with E-state index < -0.39 is 0 Å². The zero-order valence-electron chi connectivity index (χ0n) is 13.0. The van der Waals surface area contributed by atoms with Gasteiger partial charge < -0.3 is 20.0 Å². The van der Waals surface area contributed by atoms with Gasteiger partial charge in [0.1, 0.15) is 22.8 Å². The molecule has 0 unspecified atom stereocenters. The summed E-state index contributed by atoms with van der Waals surface area (Å²) in [7, 11) is 1.65. The first-order valence-corrected chi connectivity index (χ1v) is 7.48. The zero-order valence-corrected chi connectivity index (χ0v) is 13.0. The minimum Gasteiger partial charge on any atom is -0.508 e. The molecule has 0 saturated carbocycles. The smallest absolute Gasteiger partial charge is 0.135 e. The third-order valence-electron chi connectivity index (χ3n) is 3.72. The number of fused-ring (bicyclic) bond motifs is 1. The van der Waals surface area contributed by atoms with Crippen LogP contribution in [0, 0.1) is 0 Å². The summed E-state index contributed by atoms with van der Waals surface area (Å²) in [5, 5.41) is 10.6. The Bertz CT molecular complexity index is 849. The molecule has 0 spiro atoms. The van der Waals surface area contributed by atoms with Crippen molar-refractivity contribution in [3.05, 3.63) is 59.4 Å². The number of ether oxygens (including phenoxy) is 1. The predicted octanol–water partition coefficient (Wildman–Crippen LogP) is 3.82. The molecule has 4 heteroatoms. The van der Waals surface area contributed by atoms with Crippen molar-refractivity contribution in [2.24, 2.45) is 5.73 Å². The number of methoxy groups -OCH3 is 1. The van der Waals surface area contributed by atoms with E-state index >= 15 is 0 Å². The fourth-order valence-electron chi connectivity index (χ4n) is 2.61. The molecule has 0 aliphatic heterocycles. The van der Waals surface area contributed by atoms with Gasteiger partial charge in [0.05, 0.1) is 7.11 Å². The lowest BCUT2D eigenvalue weighted by atomic mass is 10.1. The maximum atomic E-state index is 9.69. The molecule has 0 aliphatic carbocycles. The Hall–Kier alpha value is -2.72. The molecule has 0 aliphatic rings. The van der Waals surface area contributed by atoms with E-state index in [1.807, 2.05) is 36.4 Å². The van der Waals surface area contributed by atoms with Gasteiger partial charge in [-0.25, -0.2) is 0 Å². The molecule has 0 fully saturated rings. The van der Waals surface area contributed by atoms with Crippen molar-refractivity contribution in [3.63, 3.8) is 0 Å². The number of nitrogens with two attached hydrogens (primary N) is 1. The Morgan fingerprint density at radius 3 is 2.83 bits per heavy atom. The normalized spacial score (nSPS) is 11.4. The highest BCUT2D eigenvalue weighted by Crippen LogP contribution is 2.30. The van der Waals surface area contributed by atoms with E-state index in [4.69, 9.17) is 14.9 Å². The lowest BCUT2D eigenvalue weighted by Crippen LogP contribution is -2.03. The van der Waals surface area contributed by atoms with Gasteiger partial charge in [-0.15, -0.1) is 0 Å². The summed E-state index contributed by atoms with van der Waals surface area (Å²) in [5.41, 5.74) is 8.50. The quantitative estimate of drug-likeness (QED) is 0.752. The Balaban J connectivity index is 2.01. The van der Waals surface area contributed by atoms with E-state index in [9.17, 15) is 5.11 Å². The number of benzene rings is 2. The van der Waals surface area contributed by atoms with Crippen molar-refractivity contribution in [2.75, 3.05) is 13.7 Å². The molecule has 1 aromatic heterocycles. The second kappa shape index (κ2) is 6.58. The Morgan fingerprint density at radius 1 is 1.17 bits per heavy atom. The van der Waals surface area contributed by atoms with E-state index in [1.54, 1.807) is 25.3 Å². The fraction of sp³-hybridized carbons (Fsp3) is 0.158. The number of hydrogen-bond donors (Lipinski definition) is 2. The van der Waals surface area contributed by atoms with Crippen molar-refractivity contribution in [2.45, 2.75) is 6.42 Å². The van der Waals surface area contributed by atoms with Gasteiger partial charge in [-0.3, -0.25) is 0 Å². The highest BCUT2D eigenvalue weighted by molar-refractivity contribution is 5.87. The average Bonchev–Trinajstić information content (AvgIpc) is 2.91. The van der Waals surface area contributed by atoms with Gasteiger partial charge in [0.25, 0.3) is 0 Å². The molecule has 1 heterocycles. The van der Waals surface area contributed by atoms with Gasteiger partial charge in [-0.2, -0.15) is 0 Å². The minimum atomic E-state index is 0.222. The summed E-state index contributed by atoms with van der Waals surface area (Å²) in [6.45, 7) is 0.518. The average molecular weight is 309 g/mol. The molecule has 3 N–H and O–H groups in total. The van der Waals surface area contributed by atoms with Crippen molar-refractivity contribution >= 4 is 23.1 Å². The zero-order chi connectivity index (χ0) is 16.2. The van der Waals surface area contributed by atoms with Gasteiger partial charge in [0.15, 0.2) is 0 Å². The maximum absolute atomic E-state index is 9.69. The van der Waals surface area contributed by atoms with Gasteiger partial charge in [-0.1, -0.05) is 18.2 Å². The molecule has 3 rings (SSSR count). The van der Waals surface area contributed by atoms with Crippen LogP contribution < -0.4 is 10.5 Å². The summed E-state index contributed by atoms with van der Waals surface area (Å²) in [5.74, 6) is 1.79. The van der Waals surface area contributed by atoms with Crippen LogP contribution in [0.5, 0.6) is 11.5 Å². The van der Waals surface area contributed by atoms with Crippen LogP contribution in [0.25, 0.3) is 23.1 Å². The van der Waals surface area contributed by atoms with E-state index in [-0.39, 0.29) is 5.75 Å². The lowest BCUT2D eigenvalue weighted by Gasteiger charge is -2.00. The third-order valence-corrected chi connectivity index (χ3v) is 3.72. The van der Waals surface area contributed by atoms with E-state index in [0.717, 1.165) is 33.6 Å². The summed E-state index contributed by atoms with van der Waals surface area (Å²) in [6, 6.07) is 12.9. The molecule has 4 nitrogen and oxygen atoms in total. The monoisotopic (exact) mass is 309 g/mol. The van der Waals surface area contributed by atoms with Gasteiger partial charge >= 0.3 is 0 Å². The number of hydrogen-bond acceptors (Lipinski definition) is 4. The van der Waals surface area contributed by atoms with Crippen molar-refractivity contribution < 1.29 is 14.3 Å². The van der Waals surface area contributed by atoms with Crippen LogP contribution in [0.1, 0.15) is 16.9 Å². The van der Waals surface area contributed by atoms with Crippen LogP contribution in [0.3, 0.4) is 0 Å². The molecule has 0 radical (unpaired) electrons. The molecule has 0 atom stereocenters. The third kappa shape index (κ3) is 3.22. The molecule has 0 bridgehead atoms. The second-order valence-electron chi connectivity index (χ2n) is 5.27. The molecular weight excluding hydrogens is 290 g/mol. The number of furan rings is 1. The largest absolute Gasteiger partial charge is 0.508 e. The SMILES string of the molecule is COc1cccc(/C=C/c2oc3ccc(O)cc3c2CCN)c1. The summed E-state index contributed by atoms with van der Waals surface area (Å²) in [6.07, 6.45) is 4.59. The Morgan fingerprint density at radius 2 is 2.04 bits per heavy atom. The number of phenols is 1. The van der Waals surface area contributed by atoms with Crippen LogP contribution >= 0.6 is 0 Å². The topological polar surface area (TPSA) is 68.6 Å². The molecule has 0 saturated heterocycles. The molecule has 0 amide bonds. The maximum Gasteiger partial charge on any atom is 0.135 e. The minimum absolute atomic E-state index is 0.222. The van der Waals surface area contributed by atoms with Crippen molar-refractivity contribution in [1.29, 1.82) is 0 Å². The molecular formula is C19H19NO3. The van der Waals surface area contributed by atoms with Crippen LogP contribution in [-0.2, 0) is 6.42 Å². The predicted molar refractivity (Wildman–Crippen MR) is 92.6 cm³/mol. The van der Waals surface area contributed by atoms with Gasteiger partial charge in [0, 0.05) is 10.9 Å². The highest BCUT2D eigenvalue weighted by Gasteiger charge is 2.12. The highest BCUT2D eigenvalue weighted by atomic mass is 16.5. The second-order valence-corrected chi connectivity index (χ2v) is 5.27. The molecule has 3 aromatic rings. The number of aromatic hydroxyl groups is 1. The first-order valence-electron chi connectivity index (χ1n) is 7.48. The Kier molecular flexibility index (Phi) is 4.35. The van der Waals surface area contributed by atoms with E-state index in [2.05, 4.69) is 0 Å². The number of rotatable bonds is 5. The Labute approximate surface area is 134 Å². The summed E-state index contributed by atoms with van der Waals surface area (Å²) >= 11 is 0. The standard InChI is InChI=1S/C19H19NO3/c1-22-15-4-2-3-13(11-15)5-7-18-16(9-10-20)17-12-14(21)6-8-19(17)23-18/h2-8,11-12,21H,9-10,20H2,1H3/b7-5+. The first kappa shape index (κ1) is 15.2. The van der Waals surface area contributed by atoms with Crippen molar-refractivity contribution in [1.82, 2.24) is 0 Å². The summed E-state index contributed by atoms with van der Waals surface area (Å²) in [4.78, 5) is 0. The van der Waals surface area contributed by atoms with Crippen LogP contribution in [0.2, 0.25) is 0 Å². The van der Waals surface area contributed by atoms with Crippen LogP contribution in [-0.4, -0.2) is 18.8 Å². The van der Waals surface area contributed by atoms with Gasteiger partial charge in [0.2, 0.25) is 0 Å². The van der Waals surface area contributed by atoms with Crippen molar-refractivity contribution in [3.8, 4) is 11.5 Å². The van der Waals surface area contributed by atoms with E-state index in [1.165, 1.54) is 0 Å². The molecule has 2 aromatic carbocycles. The van der Waals surface area contributed by atoms with E-state index in [0.29, 0.717) is 13.0 Å². The summed E-state index contributed by atoms with van der Waals surface area (Å²) < 4.78 is 11.1. The first-order chi connectivity index (χ1) is 11.2. The molecule has 23 heavy (non-hydrogen) atoms. The lowest BCUT2D eigenvalue weighted by molar-refractivity contribution is 0.414. The van der Waals surface area contributed by atoms with Crippen LogP contribution in [0.15, 0.2) is 46.9 Å². The van der Waals surface area contributed by atoms with Crippen LogP contribution in [0.4, 0.5) is 0 Å². The number of phenolic OH excluding ortho intramolecular Hbond substituents is 1. The fourth-order valence-corrected chi connectivity index (χ4v) is 2.61. The molecule has 118 valence electrons. The van der Waals surface area contributed by atoms with Gasteiger partial charge in [-0.05, 0) is 54.9 Å².